The zero-order valence-electron chi connectivity index (χ0n) is 19.3. The summed E-state index contributed by atoms with van der Waals surface area (Å²) in [4.78, 5) is 5.01. The topological polar surface area (TPSA) is 45.2 Å². The molecule has 32 heavy (non-hydrogen) atoms. The highest BCUT2D eigenvalue weighted by atomic mass is 19.3. The van der Waals surface area contributed by atoms with E-state index in [2.05, 4.69) is 9.80 Å². The molecule has 0 aromatic heterocycles. The number of hydrogen-bond acceptors (Lipinski definition) is 5. The molecule has 5 nitrogen and oxygen atoms in total. The van der Waals surface area contributed by atoms with Crippen molar-refractivity contribution in [2.75, 3.05) is 45.9 Å². The van der Waals surface area contributed by atoms with Gasteiger partial charge in [0.05, 0.1) is 18.8 Å². The third-order valence-corrected chi connectivity index (χ3v) is 7.49. The third kappa shape index (κ3) is 6.19. The largest absolute Gasteiger partial charge is 0.433 e. The summed E-state index contributed by atoms with van der Waals surface area (Å²) in [6.45, 7) is 7.18. The molecule has 1 N–H and O–H groups in total. The van der Waals surface area contributed by atoms with Crippen molar-refractivity contribution in [3.05, 3.63) is 29.8 Å². The highest BCUT2D eigenvalue weighted by molar-refractivity contribution is 5.33. The summed E-state index contributed by atoms with van der Waals surface area (Å²) in [5.74, 6) is 0.0437. The van der Waals surface area contributed by atoms with Crippen LogP contribution in [0.3, 0.4) is 0 Å². The van der Waals surface area contributed by atoms with Crippen molar-refractivity contribution in [1.82, 2.24) is 9.80 Å². The van der Waals surface area contributed by atoms with Gasteiger partial charge in [0.1, 0.15) is 5.75 Å². The van der Waals surface area contributed by atoms with Gasteiger partial charge in [0.2, 0.25) is 0 Å². The van der Waals surface area contributed by atoms with Crippen LogP contribution < -0.4 is 4.74 Å². The van der Waals surface area contributed by atoms with Crippen molar-refractivity contribution in [3.63, 3.8) is 0 Å². The van der Waals surface area contributed by atoms with Crippen molar-refractivity contribution in [1.29, 1.82) is 0 Å². The van der Waals surface area contributed by atoms with Crippen LogP contribution in [0.1, 0.15) is 63.4 Å². The van der Waals surface area contributed by atoms with Gasteiger partial charge in [-0.25, -0.2) is 0 Å². The maximum atomic E-state index is 13.4. The lowest BCUT2D eigenvalue weighted by Crippen LogP contribution is -2.51. The molecule has 1 aliphatic carbocycles. The summed E-state index contributed by atoms with van der Waals surface area (Å²) in [5, 5.41) is 11.7. The van der Waals surface area contributed by atoms with Crippen LogP contribution in [0, 0.1) is 0 Å². The fourth-order valence-corrected chi connectivity index (χ4v) is 5.77. The number of alkyl halides is 2. The summed E-state index contributed by atoms with van der Waals surface area (Å²) >= 11 is 0. The summed E-state index contributed by atoms with van der Waals surface area (Å²) in [6, 6.07) is 7.60. The average molecular weight is 453 g/mol. The number of nitrogens with zero attached hydrogens (tertiary/aromatic N) is 2. The van der Waals surface area contributed by atoms with Gasteiger partial charge < -0.3 is 19.5 Å². The van der Waals surface area contributed by atoms with Crippen LogP contribution >= 0.6 is 0 Å². The van der Waals surface area contributed by atoms with Crippen molar-refractivity contribution < 1.29 is 23.4 Å². The van der Waals surface area contributed by atoms with Gasteiger partial charge in [0.15, 0.2) is 0 Å². The number of rotatable bonds is 7. The Bertz CT molecular complexity index is 722. The van der Waals surface area contributed by atoms with Gasteiger partial charge in [0.25, 0.3) is 0 Å². The second kappa shape index (κ2) is 10.3. The van der Waals surface area contributed by atoms with E-state index in [4.69, 9.17) is 9.47 Å². The number of ether oxygens (including phenoxy) is 2. The number of hydrogen-bond donors (Lipinski definition) is 1. The van der Waals surface area contributed by atoms with E-state index in [1.165, 1.54) is 0 Å². The second-order valence-electron chi connectivity index (χ2n) is 9.88. The Morgan fingerprint density at radius 1 is 1.12 bits per heavy atom. The number of likely N-dealkylation sites (tertiary alicyclic amines) is 1. The van der Waals surface area contributed by atoms with Gasteiger partial charge in [-0.05, 0) is 56.5 Å². The summed E-state index contributed by atoms with van der Waals surface area (Å²) in [5.41, 5.74) is 0.0959. The van der Waals surface area contributed by atoms with E-state index in [9.17, 15) is 13.9 Å². The number of piperidine rings is 1. The fraction of sp³-hybridized carbons (Fsp3) is 0.760. The van der Waals surface area contributed by atoms with Crippen molar-refractivity contribution >= 4 is 0 Å². The van der Waals surface area contributed by atoms with E-state index >= 15 is 0 Å². The van der Waals surface area contributed by atoms with Crippen LogP contribution in [0.15, 0.2) is 24.3 Å². The van der Waals surface area contributed by atoms with Gasteiger partial charge in [-0.15, -0.1) is 0 Å². The molecule has 2 heterocycles. The van der Waals surface area contributed by atoms with E-state index in [-0.39, 0.29) is 11.7 Å². The van der Waals surface area contributed by atoms with Crippen molar-refractivity contribution in [3.8, 4) is 5.75 Å². The monoisotopic (exact) mass is 452 g/mol. The zero-order chi connectivity index (χ0) is 22.6. The normalized spacial score (nSPS) is 24.9. The van der Waals surface area contributed by atoms with Crippen LogP contribution in [0.2, 0.25) is 0 Å². The summed E-state index contributed by atoms with van der Waals surface area (Å²) in [6.07, 6.45) is 3.70. The molecule has 0 spiro atoms. The Balaban J connectivity index is 1.47. The van der Waals surface area contributed by atoms with E-state index in [0.717, 1.165) is 103 Å². The number of halogens is 2. The Hall–Kier alpha value is -1.28. The molecule has 0 radical (unpaired) electrons. The number of aliphatic hydroxyl groups is 1. The first-order chi connectivity index (χ1) is 15.3. The van der Waals surface area contributed by atoms with E-state index in [0.29, 0.717) is 6.04 Å². The maximum Gasteiger partial charge on any atom is 0.394 e. The molecule has 1 saturated carbocycles. The molecule has 4 rings (SSSR count). The van der Waals surface area contributed by atoms with Crippen molar-refractivity contribution in [2.45, 2.75) is 75.5 Å². The maximum absolute atomic E-state index is 13.4. The lowest BCUT2D eigenvalue weighted by Gasteiger charge is -2.44. The summed E-state index contributed by atoms with van der Waals surface area (Å²) in [7, 11) is 0. The molecular weight excluding hydrogens is 414 g/mol. The minimum atomic E-state index is -3.22. The van der Waals surface area contributed by atoms with Crippen LogP contribution in [0.4, 0.5) is 8.78 Å². The van der Waals surface area contributed by atoms with Crippen LogP contribution in [0.25, 0.3) is 0 Å². The van der Waals surface area contributed by atoms with Gasteiger partial charge in [-0.2, -0.15) is 8.78 Å². The lowest BCUT2D eigenvalue weighted by molar-refractivity contribution is -0.159. The van der Waals surface area contributed by atoms with Crippen LogP contribution in [0.5, 0.6) is 5.75 Å². The minimum Gasteiger partial charge on any atom is -0.433 e. The fourth-order valence-electron chi connectivity index (χ4n) is 5.77. The lowest BCUT2D eigenvalue weighted by atomic mass is 9.72. The molecule has 1 unspecified atom stereocenters. The first-order valence-electron chi connectivity index (χ1n) is 12.3. The molecule has 0 amide bonds. The van der Waals surface area contributed by atoms with Crippen molar-refractivity contribution in [2.24, 2.45) is 0 Å². The predicted molar refractivity (Wildman–Crippen MR) is 120 cm³/mol. The Labute approximate surface area is 190 Å². The van der Waals surface area contributed by atoms with E-state index < -0.39 is 11.7 Å². The third-order valence-electron chi connectivity index (χ3n) is 7.49. The molecule has 1 aromatic carbocycles. The number of morpholine rings is 1. The molecule has 2 saturated heterocycles. The van der Waals surface area contributed by atoms with Gasteiger partial charge in [-0.1, -0.05) is 31.4 Å². The van der Waals surface area contributed by atoms with Gasteiger partial charge >= 0.3 is 6.11 Å². The standard InChI is InChI=1S/C25H38F2N2O3/c1-24(26,27)32-22-7-5-6-20(18-22)23(25(30)10-3-2-4-11-25)19-28-12-8-21(9-13-28)29-14-16-31-17-15-29/h5-7,18,21,23,30H,2-4,8-17,19H2,1H3. The smallest absolute Gasteiger partial charge is 0.394 e. The molecule has 3 fully saturated rings. The van der Waals surface area contributed by atoms with Gasteiger partial charge in [-0.3, -0.25) is 4.90 Å². The summed E-state index contributed by atoms with van der Waals surface area (Å²) < 4.78 is 37.2. The molecule has 2 aliphatic heterocycles. The van der Waals surface area contributed by atoms with Crippen LogP contribution in [-0.4, -0.2) is 78.6 Å². The second-order valence-corrected chi connectivity index (χ2v) is 9.88. The molecule has 180 valence electrons. The molecule has 0 bridgehead atoms. The Morgan fingerprint density at radius 3 is 2.47 bits per heavy atom. The van der Waals surface area contributed by atoms with E-state index in [1.807, 2.05) is 6.07 Å². The molecule has 7 heteroatoms. The molecule has 1 aromatic rings. The van der Waals surface area contributed by atoms with Crippen LogP contribution in [-0.2, 0) is 4.74 Å². The number of benzene rings is 1. The first-order valence-corrected chi connectivity index (χ1v) is 12.3. The quantitative estimate of drug-likeness (QED) is 0.670. The van der Waals surface area contributed by atoms with Gasteiger partial charge in [0, 0.05) is 38.5 Å². The molecule has 1 atom stereocenters. The minimum absolute atomic E-state index is 0.114. The molecule has 3 aliphatic rings. The predicted octanol–water partition coefficient (Wildman–Crippen LogP) is 4.25. The highest BCUT2D eigenvalue weighted by Gasteiger charge is 2.40. The average Bonchev–Trinajstić information content (AvgIpc) is 2.78. The Kier molecular flexibility index (Phi) is 7.70. The molecular formula is C25H38F2N2O3. The van der Waals surface area contributed by atoms with E-state index in [1.54, 1.807) is 18.2 Å². The highest BCUT2D eigenvalue weighted by Crippen LogP contribution is 2.42. The Morgan fingerprint density at radius 2 is 1.81 bits per heavy atom. The first kappa shape index (κ1) is 23.9. The zero-order valence-corrected chi connectivity index (χ0v) is 19.3. The SMILES string of the molecule is CC(F)(F)Oc1cccc(C(CN2CCC(N3CCOCC3)CC2)C2(O)CCCCC2)c1.